The Morgan fingerprint density at radius 2 is 1.70 bits per heavy atom. The van der Waals surface area contributed by atoms with Crippen LogP contribution in [0.3, 0.4) is 0 Å². The fraction of sp³-hybridized carbons (Fsp3) is 0.200. The Labute approximate surface area is 115 Å². The number of rotatable bonds is 5. The average molecular weight is 279 g/mol. The zero-order chi connectivity index (χ0) is 14.5. The molecule has 0 aliphatic rings. The number of ether oxygens (including phenoxy) is 2. The molecule has 106 valence electrons. The van der Waals surface area contributed by atoms with Gasteiger partial charge in [-0.3, -0.25) is 0 Å². The smallest absolute Gasteiger partial charge is 0.162 e. The van der Waals surface area contributed by atoms with Crippen molar-refractivity contribution in [1.82, 2.24) is 0 Å². The molecule has 0 heterocycles. The Kier molecular flexibility index (Phi) is 4.40. The first-order valence-corrected chi connectivity index (χ1v) is 6.13. The van der Waals surface area contributed by atoms with Crippen molar-refractivity contribution in [2.75, 3.05) is 18.9 Å². The second-order valence-electron chi connectivity index (χ2n) is 4.31. The first kappa shape index (κ1) is 14.1. The molecule has 20 heavy (non-hydrogen) atoms. The van der Waals surface area contributed by atoms with Crippen LogP contribution in [0.25, 0.3) is 0 Å². The molecule has 0 radical (unpaired) electrons. The van der Waals surface area contributed by atoms with E-state index in [4.69, 9.17) is 15.2 Å². The molecule has 0 aliphatic carbocycles. The molecule has 0 saturated heterocycles. The predicted octanol–water partition coefficient (Wildman–Crippen LogP) is 3.31. The number of nitrogens with two attached hydrogens (primary N) is 1. The van der Waals surface area contributed by atoms with Crippen LogP contribution in [0.5, 0.6) is 11.5 Å². The minimum absolute atomic E-state index is 0.207. The molecule has 0 aliphatic heterocycles. The fourth-order valence-corrected chi connectivity index (χ4v) is 1.68. The van der Waals surface area contributed by atoms with Gasteiger partial charge in [0.2, 0.25) is 0 Å². The van der Waals surface area contributed by atoms with Crippen molar-refractivity contribution in [3.8, 4) is 11.5 Å². The van der Waals surface area contributed by atoms with Gasteiger partial charge in [0.25, 0.3) is 0 Å². The van der Waals surface area contributed by atoms with E-state index in [1.54, 1.807) is 6.07 Å². The van der Waals surface area contributed by atoms with Crippen LogP contribution in [-0.2, 0) is 0 Å². The Hall–Kier alpha value is -2.30. The maximum atomic E-state index is 12.9. The van der Waals surface area contributed by atoms with Gasteiger partial charge in [0.15, 0.2) is 11.6 Å². The summed E-state index contributed by atoms with van der Waals surface area (Å²) in [6.07, 6.45) is 0. The number of nitrogen functional groups attached to an aromatic ring is 1. The van der Waals surface area contributed by atoms with E-state index in [1.165, 1.54) is 6.07 Å². The molecule has 0 unspecified atom stereocenters. The van der Waals surface area contributed by atoms with Gasteiger partial charge in [0, 0.05) is 6.07 Å². The lowest BCUT2D eigenvalue weighted by atomic mass is 10.2. The summed E-state index contributed by atoms with van der Waals surface area (Å²) in [6, 6.07) is 8.85. The van der Waals surface area contributed by atoms with Gasteiger partial charge in [-0.25, -0.2) is 8.78 Å². The van der Waals surface area contributed by atoms with Crippen LogP contribution in [0, 0.1) is 18.6 Å². The van der Waals surface area contributed by atoms with E-state index in [1.807, 2.05) is 19.1 Å². The summed E-state index contributed by atoms with van der Waals surface area (Å²) in [7, 11) is 0. The summed E-state index contributed by atoms with van der Waals surface area (Å²) in [4.78, 5) is 0. The molecule has 0 amide bonds. The summed E-state index contributed by atoms with van der Waals surface area (Å²) in [5, 5.41) is 0. The first-order valence-electron chi connectivity index (χ1n) is 6.13. The molecular formula is C15H15F2NO2. The second kappa shape index (κ2) is 6.23. The maximum absolute atomic E-state index is 12.9. The SMILES string of the molecule is Cc1ccc(OCCOc2ccc(F)c(F)c2)c(N)c1. The van der Waals surface area contributed by atoms with Crippen LogP contribution < -0.4 is 15.2 Å². The number of anilines is 1. The zero-order valence-corrected chi connectivity index (χ0v) is 11.0. The molecule has 0 aromatic heterocycles. The van der Waals surface area contributed by atoms with Crippen molar-refractivity contribution in [2.24, 2.45) is 0 Å². The van der Waals surface area contributed by atoms with Gasteiger partial charge >= 0.3 is 0 Å². The minimum Gasteiger partial charge on any atom is -0.490 e. The molecule has 2 aromatic rings. The van der Waals surface area contributed by atoms with E-state index < -0.39 is 11.6 Å². The number of benzene rings is 2. The Balaban J connectivity index is 1.82. The lowest BCUT2D eigenvalue weighted by molar-refractivity contribution is 0.217. The maximum Gasteiger partial charge on any atom is 0.162 e. The summed E-state index contributed by atoms with van der Waals surface area (Å²) in [5.74, 6) is -1.01. The van der Waals surface area contributed by atoms with Crippen LogP contribution in [0.1, 0.15) is 5.56 Å². The van der Waals surface area contributed by atoms with Crippen molar-refractivity contribution in [3.05, 3.63) is 53.6 Å². The summed E-state index contributed by atoms with van der Waals surface area (Å²) < 4.78 is 36.4. The van der Waals surface area contributed by atoms with Crippen molar-refractivity contribution in [3.63, 3.8) is 0 Å². The van der Waals surface area contributed by atoms with Crippen LogP contribution >= 0.6 is 0 Å². The van der Waals surface area contributed by atoms with Crippen molar-refractivity contribution < 1.29 is 18.3 Å². The largest absolute Gasteiger partial charge is 0.490 e. The quantitative estimate of drug-likeness (QED) is 0.674. The highest BCUT2D eigenvalue weighted by molar-refractivity contribution is 5.53. The van der Waals surface area contributed by atoms with Crippen LogP contribution in [0.15, 0.2) is 36.4 Å². The topological polar surface area (TPSA) is 44.5 Å². The Morgan fingerprint density at radius 3 is 2.40 bits per heavy atom. The zero-order valence-electron chi connectivity index (χ0n) is 11.0. The van der Waals surface area contributed by atoms with Crippen molar-refractivity contribution >= 4 is 5.69 Å². The normalized spacial score (nSPS) is 10.3. The minimum atomic E-state index is -0.939. The molecule has 3 nitrogen and oxygen atoms in total. The molecular weight excluding hydrogens is 264 g/mol. The lowest BCUT2D eigenvalue weighted by Gasteiger charge is -2.10. The number of aryl methyl sites for hydroxylation is 1. The molecule has 0 bridgehead atoms. The van der Waals surface area contributed by atoms with Gasteiger partial charge in [-0.05, 0) is 36.8 Å². The van der Waals surface area contributed by atoms with Crippen molar-refractivity contribution in [2.45, 2.75) is 6.92 Å². The molecule has 0 spiro atoms. The summed E-state index contributed by atoms with van der Waals surface area (Å²) in [6.45, 7) is 2.40. The molecule has 0 atom stereocenters. The van der Waals surface area contributed by atoms with Gasteiger partial charge in [-0.1, -0.05) is 6.07 Å². The molecule has 0 fully saturated rings. The van der Waals surface area contributed by atoms with E-state index in [0.717, 1.165) is 17.7 Å². The average Bonchev–Trinajstić information content (AvgIpc) is 2.40. The molecule has 2 N–H and O–H groups in total. The third-order valence-corrected chi connectivity index (χ3v) is 2.67. The van der Waals surface area contributed by atoms with Crippen LogP contribution in [-0.4, -0.2) is 13.2 Å². The van der Waals surface area contributed by atoms with Gasteiger partial charge in [0.05, 0.1) is 5.69 Å². The summed E-state index contributed by atoms with van der Waals surface area (Å²) in [5.41, 5.74) is 7.40. The Morgan fingerprint density at radius 1 is 0.950 bits per heavy atom. The molecule has 5 heteroatoms. The number of hydrogen-bond acceptors (Lipinski definition) is 3. The predicted molar refractivity (Wildman–Crippen MR) is 72.9 cm³/mol. The van der Waals surface area contributed by atoms with Gasteiger partial charge in [0.1, 0.15) is 24.7 Å². The Bertz CT molecular complexity index is 602. The first-order chi connectivity index (χ1) is 9.56. The molecule has 2 rings (SSSR count). The second-order valence-corrected chi connectivity index (χ2v) is 4.31. The van der Waals surface area contributed by atoms with E-state index >= 15 is 0 Å². The van der Waals surface area contributed by atoms with E-state index in [-0.39, 0.29) is 19.0 Å². The van der Waals surface area contributed by atoms with E-state index in [9.17, 15) is 8.78 Å². The third-order valence-electron chi connectivity index (χ3n) is 2.67. The van der Waals surface area contributed by atoms with Crippen molar-refractivity contribution in [1.29, 1.82) is 0 Å². The number of hydrogen-bond donors (Lipinski definition) is 1. The standard InChI is InChI=1S/C15H15F2NO2/c1-10-2-5-15(14(18)8-10)20-7-6-19-11-3-4-12(16)13(17)9-11/h2-5,8-9H,6-7,18H2,1H3. The third kappa shape index (κ3) is 3.60. The number of halogens is 2. The summed E-state index contributed by atoms with van der Waals surface area (Å²) >= 11 is 0. The van der Waals surface area contributed by atoms with E-state index in [0.29, 0.717) is 11.4 Å². The molecule has 2 aromatic carbocycles. The highest BCUT2D eigenvalue weighted by Gasteiger charge is 2.04. The highest BCUT2D eigenvalue weighted by Crippen LogP contribution is 2.22. The van der Waals surface area contributed by atoms with Gasteiger partial charge in [-0.2, -0.15) is 0 Å². The van der Waals surface area contributed by atoms with Gasteiger partial charge < -0.3 is 15.2 Å². The molecule has 0 saturated carbocycles. The fourth-order valence-electron chi connectivity index (χ4n) is 1.68. The van der Waals surface area contributed by atoms with Crippen LogP contribution in [0.4, 0.5) is 14.5 Å². The van der Waals surface area contributed by atoms with Crippen LogP contribution in [0.2, 0.25) is 0 Å². The highest BCUT2D eigenvalue weighted by atomic mass is 19.2. The lowest BCUT2D eigenvalue weighted by Crippen LogP contribution is -2.10. The van der Waals surface area contributed by atoms with E-state index in [2.05, 4.69) is 0 Å². The van der Waals surface area contributed by atoms with Gasteiger partial charge in [-0.15, -0.1) is 0 Å². The monoisotopic (exact) mass is 279 g/mol.